The molecule has 0 saturated carbocycles. The van der Waals surface area contributed by atoms with Crippen molar-refractivity contribution in [2.75, 3.05) is 37.3 Å². The minimum atomic E-state index is -3.09. The molecule has 7 heteroatoms. The van der Waals surface area contributed by atoms with E-state index in [1.54, 1.807) is 11.8 Å². The molecule has 1 aliphatic heterocycles. The molecule has 1 rings (SSSR count). The highest BCUT2D eigenvalue weighted by Crippen LogP contribution is 2.08. The van der Waals surface area contributed by atoms with Crippen molar-refractivity contribution in [2.45, 2.75) is 6.92 Å². The largest absolute Gasteiger partial charge is 0.339 e. The van der Waals surface area contributed by atoms with E-state index < -0.39 is 10.0 Å². The molecule has 1 amide bonds. The summed E-state index contributed by atoms with van der Waals surface area (Å²) in [5.41, 5.74) is 0. The topological polar surface area (TPSA) is 57.7 Å². The molecule has 0 atom stereocenters. The van der Waals surface area contributed by atoms with Crippen molar-refractivity contribution >= 4 is 31.9 Å². The number of rotatable bonds is 3. The summed E-state index contributed by atoms with van der Waals surface area (Å²) in [7, 11) is -3.09. The second-order valence-corrected chi connectivity index (χ2v) is 6.13. The van der Waals surface area contributed by atoms with Crippen molar-refractivity contribution in [2.24, 2.45) is 0 Å². The number of piperazine rings is 1. The lowest BCUT2D eigenvalue weighted by molar-refractivity contribution is -0.129. The third-order valence-electron chi connectivity index (χ3n) is 2.46. The molecule has 0 bridgehead atoms. The van der Waals surface area contributed by atoms with Crippen LogP contribution in [-0.2, 0) is 14.8 Å². The second kappa shape index (κ2) is 5.27. The van der Waals surface area contributed by atoms with E-state index >= 15 is 0 Å². The van der Waals surface area contributed by atoms with Crippen LogP contribution < -0.4 is 0 Å². The van der Waals surface area contributed by atoms with E-state index in [0.717, 1.165) is 0 Å². The molecule has 0 aromatic carbocycles. The number of carbonyl (C=O) groups is 1. The molecule has 0 aromatic rings. The van der Waals surface area contributed by atoms with Gasteiger partial charge in [-0.25, -0.2) is 8.42 Å². The smallest absolute Gasteiger partial charge is 0.233 e. The van der Waals surface area contributed by atoms with Gasteiger partial charge in [0.15, 0.2) is 0 Å². The van der Waals surface area contributed by atoms with Crippen molar-refractivity contribution in [1.82, 2.24) is 9.21 Å². The average molecular weight is 299 g/mol. The number of alkyl halides is 1. The molecule has 1 aliphatic rings. The van der Waals surface area contributed by atoms with Crippen molar-refractivity contribution in [3.8, 4) is 0 Å². The monoisotopic (exact) mass is 298 g/mol. The highest BCUT2D eigenvalue weighted by atomic mass is 79.9. The van der Waals surface area contributed by atoms with Gasteiger partial charge in [0.1, 0.15) is 0 Å². The maximum Gasteiger partial charge on any atom is 0.233 e. The molecule has 5 nitrogen and oxygen atoms in total. The number of nitrogens with zero attached hydrogens (tertiary/aromatic N) is 2. The Bertz CT molecular complexity index is 323. The van der Waals surface area contributed by atoms with Crippen molar-refractivity contribution in [1.29, 1.82) is 0 Å². The van der Waals surface area contributed by atoms with E-state index in [-0.39, 0.29) is 11.7 Å². The van der Waals surface area contributed by atoms with Gasteiger partial charge < -0.3 is 4.90 Å². The first-order chi connectivity index (χ1) is 7.01. The van der Waals surface area contributed by atoms with Gasteiger partial charge >= 0.3 is 0 Å². The Balaban J connectivity index is 2.53. The third-order valence-corrected chi connectivity index (χ3v) is 4.83. The van der Waals surface area contributed by atoms with Crippen molar-refractivity contribution < 1.29 is 13.2 Å². The van der Waals surface area contributed by atoms with E-state index in [0.29, 0.717) is 31.5 Å². The summed E-state index contributed by atoms with van der Waals surface area (Å²) in [5, 5.41) is 0.299. The quantitative estimate of drug-likeness (QED) is 0.683. The molecule has 88 valence electrons. The van der Waals surface area contributed by atoms with E-state index in [1.807, 2.05) is 0 Å². The molecule has 1 heterocycles. The molecule has 15 heavy (non-hydrogen) atoms. The average Bonchev–Trinajstić information content (AvgIpc) is 2.28. The molecule has 0 spiro atoms. The normalized spacial score (nSPS) is 19.2. The van der Waals surface area contributed by atoms with Gasteiger partial charge in [0.05, 0.1) is 11.1 Å². The van der Waals surface area contributed by atoms with Gasteiger partial charge in [0, 0.05) is 26.2 Å². The van der Waals surface area contributed by atoms with Crippen LogP contribution >= 0.6 is 15.9 Å². The third kappa shape index (κ3) is 3.15. The first kappa shape index (κ1) is 12.9. The van der Waals surface area contributed by atoms with Crippen LogP contribution in [0.1, 0.15) is 6.92 Å². The van der Waals surface area contributed by atoms with Gasteiger partial charge in [0.2, 0.25) is 15.9 Å². The number of hydrogen-bond donors (Lipinski definition) is 0. The van der Waals surface area contributed by atoms with Crippen LogP contribution in [0.15, 0.2) is 0 Å². The van der Waals surface area contributed by atoms with Gasteiger partial charge in [0.25, 0.3) is 0 Å². The summed E-state index contributed by atoms with van der Waals surface area (Å²) in [6.45, 7) is 3.43. The van der Waals surface area contributed by atoms with Crippen LogP contribution in [0.3, 0.4) is 0 Å². The van der Waals surface area contributed by atoms with Crippen LogP contribution in [-0.4, -0.2) is 60.8 Å². The maximum atomic E-state index is 11.5. The van der Waals surface area contributed by atoms with Crippen LogP contribution in [0.4, 0.5) is 0 Å². The van der Waals surface area contributed by atoms with E-state index in [9.17, 15) is 13.2 Å². The Kier molecular flexibility index (Phi) is 4.54. The fourth-order valence-corrected chi connectivity index (χ4v) is 2.92. The van der Waals surface area contributed by atoms with E-state index in [2.05, 4.69) is 15.9 Å². The fraction of sp³-hybridized carbons (Fsp3) is 0.875. The molecule has 0 aromatic heterocycles. The lowest BCUT2D eigenvalue weighted by Gasteiger charge is -2.33. The van der Waals surface area contributed by atoms with Crippen LogP contribution in [0.5, 0.6) is 0 Å². The number of halogens is 1. The van der Waals surface area contributed by atoms with E-state index in [4.69, 9.17) is 0 Å². The first-order valence-electron chi connectivity index (χ1n) is 4.83. The van der Waals surface area contributed by atoms with Crippen molar-refractivity contribution in [3.05, 3.63) is 0 Å². The molecule has 1 fully saturated rings. The van der Waals surface area contributed by atoms with E-state index in [1.165, 1.54) is 4.31 Å². The molecular weight excluding hydrogens is 284 g/mol. The van der Waals surface area contributed by atoms with Crippen LogP contribution in [0, 0.1) is 0 Å². The van der Waals surface area contributed by atoms with Crippen LogP contribution in [0.25, 0.3) is 0 Å². The lowest BCUT2D eigenvalue weighted by Crippen LogP contribution is -2.51. The minimum Gasteiger partial charge on any atom is -0.339 e. The SMILES string of the molecule is CCS(=O)(=O)N1CCN(C(=O)CBr)CC1. The second-order valence-electron chi connectivity index (χ2n) is 3.31. The zero-order valence-corrected chi connectivity index (χ0v) is 11.1. The predicted octanol–water partition coefficient (Wildman–Crippen LogP) is -0.125. The standard InChI is InChI=1S/C8H15BrN2O3S/c1-2-15(13,14)11-5-3-10(4-6-11)8(12)7-9/h2-7H2,1H3. The summed E-state index contributed by atoms with van der Waals surface area (Å²) >= 11 is 3.10. The van der Waals surface area contributed by atoms with Gasteiger partial charge in [-0.3, -0.25) is 4.79 Å². The Labute approximate surface area is 98.6 Å². The van der Waals surface area contributed by atoms with Gasteiger partial charge in [-0.05, 0) is 6.92 Å². The molecule has 0 aliphatic carbocycles. The number of carbonyl (C=O) groups excluding carboxylic acids is 1. The predicted molar refractivity (Wildman–Crippen MR) is 61.4 cm³/mol. The van der Waals surface area contributed by atoms with Crippen LogP contribution in [0.2, 0.25) is 0 Å². The summed E-state index contributed by atoms with van der Waals surface area (Å²) in [4.78, 5) is 13.0. The summed E-state index contributed by atoms with van der Waals surface area (Å²) < 4.78 is 24.5. The molecule has 0 N–H and O–H groups in total. The number of sulfonamides is 1. The molecular formula is C8H15BrN2O3S. The Morgan fingerprint density at radius 1 is 1.27 bits per heavy atom. The molecule has 0 radical (unpaired) electrons. The zero-order chi connectivity index (χ0) is 11.5. The Hall–Kier alpha value is -0.140. The maximum absolute atomic E-state index is 11.5. The number of amides is 1. The summed E-state index contributed by atoms with van der Waals surface area (Å²) in [6, 6.07) is 0. The Morgan fingerprint density at radius 3 is 2.20 bits per heavy atom. The number of hydrogen-bond acceptors (Lipinski definition) is 3. The van der Waals surface area contributed by atoms with Gasteiger partial charge in [-0.2, -0.15) is 4.31 Å². The molecule has 0 unspecified atom stereocenters. The highest BCUT2D eigenvalue weighted by molar-refractivity contribution is 9.09. The zero-order valence-electron chi connectivity index (χ0n) is 8.65. The summed E-state index contributed by atoms with van der Waals surface area (Å²) in [6.07, 6.45) is 0. The summed E-state index contributed by atoms with van der Waals surface area (Å²) in [5.74, 6) is 0.142. The van der Waals surface area contributed by atoms with Gasteiger partial charge in [-0.15, -0.1) is 0 Å². The Morgan fingerprint density at radius 2 is 1.80 bits per heavy atom. The fourth-order valence-electron chi connectivity index (χ4n) is 1.48. The van der Waals surface area contributed by atoms with Gasteiger partial charge in [-0.1, -0.05) is 15.9 Å². The van der Waals surface area contributed by atoms with Crippen molar-refractivity contribution in [3.63, 3.8) is 0 Å². The highest BCUT2D eigenvalue weighted by Gasteiger charge is 2.26. The first-order valence-corrected chi connectivity index (χ1v) is 7.56. The molecule has 1 saturated heterocycles. The lowest BCUT2D eigenvalue weighted by atomic mass is 10.3. The minimum absolute atomic E-state index is 0.0172.